The summed E-state index contributed by atoms with van der Waals surface area (Å²) in [5, 5.41) is 2.25. The number of carbonyl (C=O) groups is 2. The Balaban J connectivity index is 2.73. The molecule has 24 heavy (non-hydrogen) atoms. The van der Waals surface area contributed by atoms with Crippen molar-refractivity contribution in [2.24, 2.45) is 0 Å². The number of sulfone groups is 1. The summed E-state index contributed by atoms with van der Waals surface area (Å²) in [7, 11) is -3.51. The highest BCUT2D eigenvalue weighted by Gasteiger charge is 2.28. The predicted molar refractivity (Wildman–Crippen MR) is 89.1 cm³/mol. The number of rotatable bonds is 6. The zero-order valence-corrected chi connectivity index (χ0v) is 15.1. The van der Waals surface area contributed by atoms with Gasteiger partial charge in [0.15, 0.2) is 0 Å². The standard InChI is InChI=1S/C16H23NO6S/c1-16(2,3)23-15(19)17-13(11-24(4,20)21)14(18)22-10-12-8-6-5-7-9-12/h5-9,13H,10-11H2,1-4H3,(H,17,19)/t13-/m0/s1. The molecule has 0 aliphatic heterocycles. The summed E-state index contributed by atoms with van der Waals surface area (Å²) in [6.07, 6.45) is 0.0918. The average Bonchev–Trinajstić information content (AvgIpc) is 2.41. The number of hydrogen-bond donors (Lipinski definition) is 1. The molecule has 0 spiro atoms. The molecule has 7 nitrogen and oxygen atoms in total. The van der Waals surface area contributed by atoms with Gasteiger partial charge in [0.05, 0.1) is 5.75 Å². The lowest BCUT2D eigenvalue weighted by atomic mass is 10.2. The van der Waals surface area contributed by atoms with Crippen molar-refractivity contribution >= 4 is 21.9 Å². The van der Waals surface area contributed by atoms with Gasteiger partial charge in [0.2, 0.25) is 0 Å². The van der Waals surface area contributed by atoms with E-state index in [9.17, 15) is 18.0 Å². The Hall–Kier alpha value is -2.09. The monoisotopic (exact) mass is 357 g/mol. The lowest BCUT2D eigenvalue weighted by Gasteiger charge is -2.22. The molecule has 0 fully saturated rings. The molecular formula is C16H23NO6S. The Morgan fingerprint density at radius 2 is 1.75 bits per heavy atom. The Morgan fingerprint density at radius 1 is 1.17 bits per heavy atom. The fraction of sp³-hybridized carbons (Fsp3) is 0.500. The summed E-state index contributed by atoms with van der Waals surface area (Å²) in [6, 6.07) is 7.59. The summed E-state index contributed by atoms with van der Waals surface area (Å²) in [6.45, 7) is 4.96. The first-order valence-electron chi connectivity index (χ1n) is 7.34. The van der Waals surface area contributed by atoms with Gasteiger partial charge < -0.3 is 14.8 Å². The van der Waals surface area contributed by atoms with E-state index < -0.39 is 39.3 Å². The van der Waals surface area contributed by atoms with Gasteiger partial charge in [0.25, 0.3) is 0 Å². The largest absolute Gasteiger partial charge is 0.459 e. The van der Waals surface area contributed by atoms with Crippen molar-refractivity contribution in [1.82, 2.24) is 5.32 Å². The van der Waals surface area contributed by atoms with Gasteiger partial charge in [-0.2, -0.15) is 0 Å². The first kappa shape index (κ1) is 20.0. The maximum absolute atomic E-state index is 12.1. The van der Waals surface area contributed by atoms with Crippen molar-refractivity contribution in [2.75, 3.05) is 12.0 Å². The minimum atomic E-state index is -3.51. The van der Waals surface area contributed by atoms with Crippen molar-refractivity contribution in [3.05, 3.63) is 35.9 Å². The fourth-order valence-electron chi connectivity index (χ4n) is 1.75. The third kappa shape index (κ3) is 8.52. The molecule has 1 atom stereocenters. The van der Waals surface area contributed by atoms with Crippen molar-refractivity contribution < 1.29 is 27.5 Å². The van der Waals surface area contributed by atoms with Crippen LogP contribution >= 0.6 is 0 Å². The summed E-state index contributed by atoms with van der Waals surface area (Å²) in [4.78, 5) is 23.9. The van der Waals surface area contributed by atoms with Crippen LogP contribution in [0.1, 0.15) is 26.3 Å². The summed E-state index contributed by atoms with van der Waals surface area (Å²) < 4.78 is 33.1. The number of alkyl carbamates (subject to hydrolysis) is 1. The Bertz CT molecular complexity index is 664. The van der Waals surface area contributed by atoms with Crippen LogP contribution in [0.3, 0.4) is 0 Å². The number of carbonyl (C=O) groups excluding carboxylic acids is 2. The zero-order valence-electron chi connectivity index (χ0n) is 14.2. The van der Waals surface area contributed by atoms with Crippen LogP contribution in [-0.4, -0.2) is 44.1 Å². The number of amides is 1. The first-order valence-corrected chi connectivity index (χ1v) is 9.40. The molecule has 1 aromatic rings. The van der Waals surface area contributed by atoms with Gasteiger partial charge in [-0.1, -0.05) is 30.3 Å². The van der Waals surface area contributed by atoms with E-state index in [1.54, 1.807) is 45.0 Å². The third-order valence-electron chi connectivity index (χ3n) is 2.67. The van der Waals surface area contributed by atoms with Gasteiger partial charge in [-0.25, -0.2) is 18.0 Å². The zero-order chi connectivity index (χ0) is 18.4. The number of hydrogen-bond acceptors (Lipinski definition) is 6. The molecule has 134 valence electrons. The fourth-order valence-corrected chi connectivity index (χ4v) is 2.58. The van der Waals surface area contributed by atoms with Crippen LogP contribution in [0.5, 0.6) is 0 Å². The lowest BCUT2D eigenvalue weighted by Crippen LogP contribution is -2.47. The second-order valence-corrected chi connectivity index (χ2v) is 8.57. The lowest BCUT2D eigenvalue weighted by molar-refractivity contribution is -0.146. The van der Waals surface area contributed by atoms with Crippen molar-refractivity contribution in [2.45, 2.75) is 39.0 Å². The van der Waals surface area contributed by atoms with E-state index in [0.29, 0.717) is 0 Å². The van der Waals surface area contributed by atoms with Gasteiger partial charge in [0.1, 0.15) is 28.1 Å². The van der Waals surface area contributed by atoms with E-state index in [2.05, 4.69) is 5.32 Å². The maximum Gasteiger partial charge on any atom is 0.408 e. The number of ether oxygens (including phenoxy) is 2. The van der Waals surface area contributed by atoms with Gasteiger partial charge >= 0.3 is 12.1 Å². The van der Waals surface area contributed by atoms with E-state index in [4.69, 9.17) is 9.47 Å². The molecule has 8 heteroatoms. The summed E-state index contributed by atoms with van der Waals surface area (Å²) >= 11 is 0. The Labute approximate surface area is 142 Å². The number of nitrogens with one attached hydrogen (secondary N) is 1. The van der Waals surface area contributed by atoms with E-state index in [1.807, 2.05) is 6.07 Å². The molecule has 0 aliphatic carbocycles. The van der Waals surface area contributed by atoms with Crippen LogP contribution in [0.2, 0.25) is 0 Å². The van der Waals surface area contributed by atoms with Crippen LogP contribution in [0.25, 0.3) is 0 Å². The van der Waals surface area contributed by atoms with Gasteiger partial charge in [-0.05, 0) is 26.3 Å². The topological polar surface area (TPSA) is 98.8 Å². The average molecular weight is 357 g/mol. The molecule has 0 saturated carbocycles. The van der Waals surface area contributed by atoms with Crippen molar-refractivity contribution in [3.63, 3.8) is 0 Å². The molecule has 1 rings (SSSR count). The SMILES string of the molecule is CC(C)(C)OC(=O)N[C@@H](CS(C)(=O)=O)C(=O)OCc1ccccc1. The quantitative estimate of drug-likeness (QED) is 0.778. The smallest absolute Gasteiger partial charge is 0.408 e. The van der Waals surface area contributed by atoms with E-state index in [0.717, 1.165) is 11.8 Å². The molecule has 0 aromatic heterocycles. The molecule has 1 N–H and O–H groups in total. The molecule has 0 unspecified atom stereocenters. The summed E-state index contributed by atoms with van der Waals surface area (Å²) in [5.41, 5.74) is -0.0190. The van der Waals surface area contributed by atoms with Crippen LogP contribution in [-0.2, 0) is 30.7 Å². The second kappa shape index (κ2) is 8.14. The third-order valence-corrected chi connectivity index (χ3v) is 3.61. The molecule has 1 amide bonds. The van der Waals surface area contributed by atoms with Crippen LogP contribution < -0.4 is 5.32 Å². The molecule has 0 heterocycles. The van der Waals surface area contributed by atoms with E-state index >= 15 is 0 Å². The van der Waals surface area contributed by atoms with E-state index in [-0.39, 0.29) is 6.61 Å². The molecule has 0 saturated heterocycles. The van der Waals surface area contributed by atoms with Gasteiger partial charge in [-0.15, -0.1) is 0 Å². The first-order chi connectivity index (χ1) is 11.0. The molecule has 0 aliphatic rings. The van der Waals surface area contributed by atoms with Crippen LogP contribution in [0.15, 0.2) is 30.3 Å². The highest BCUT2D eigenvalue weighted by atomic mass is 32.2. The minimum Gasteiger partial charge on any atom is -0.459 e. The summed E-state index contributed by atoms with van der Waals surface area (Å²) in [5.74, 6) is -1.41. The normalized spacial score (nSPS) is 13.0. The molecule has 1 aromatic carbocycles. The molecular weight excluding hydrogens is 334 g/mol. The Kier molecular flexibility index (Phi) is 6.77. The maximum atomic E-state index is 12.1. The molecule has 0 radical (unpaired) electrons. The van der Waals surface area contributed by atoms with Crippen LogP contribution in [0.4, 0.5) is 4.79 Å². The second-order valence-electron chi connectivity index (χ2n) is 6.38. The van der Waals surface area contributed by atoms with Crippen LogP contribution in [0, 0.1) is 0 Å². The van der Waals surface area contributed by atoms with Crippen molar-refractivity contribution in [1.29, 1.82) is 0 Å². The highest BCUT2D eigenvalue weighted by Crippen LogP contribution is 2.08. The van der Waals surface area contributed by atoms with Gasteiger partial charge in [0, 0.05) is 6.26 Å². The minimum absolute atomic E-state index is 0.0179. The van der Waals surface area contributed by atoms with Gasteiger partial charge in [-0.3, -0.25) is 0 Å². The highest BCUT2D eigenvalue weighted by molar-refractivity contribution is 7.90. The molecule has 0 bridgehead atoms. The van der Waals surface area contributed by atoms with E-state index in [1.165, 1.54) is 0 Å². The Morgan fingerprint density at radius 3 is 2.25 bits per heavy atom. The van der Waals surface area contributed by atoms with Crippen molar-refractivity contribution in [3.8, 4) is 0 Å². The predicted octanol–water partition coefficient (Wildman–Crippen LogP) is 1.67. The number of benzene rings is 1. The number of esters is 1.